The van der Waals surface area contributed by atoms with Crippen LogP contribution in [0, 0.1) is 0 Å². The lowest BCUT2D eigenvalue weighted by molar-refractivity contribution is -0.142. The number of carbonyl (C=O) groups excluding carboxylic acids is 1. The highest BCUT2D eigenvalue weighted by atomic mass is 35.5. The average molecular weight is 336 g/mol. The average Bonchev–Trinajstić information content (AvgIpc) is 2.49. The molecule has 0 bridgehead atoms. The maximum absolute atomic E-state index is 12.0. The molecule has 0 spiro atoms. The molecule has 0 aliphatic heterocycles. The molecular weight excluding hydrogens is 306 g/mol. The summed E-state index contributed by atoms with van der Waals surface area (Å²) < 4.78 is 0. The summed E-state index contributed by atoms with van der Waals surface area (Å²) in [6.07, 6.45) is 6.02. The Morgan fingerprint density at radius 3 is 2.41 bits per heavy atom. The highest BCUT2D eigenvalue weighted by molar-refractivity contribution is 6.17. The molecule has 2 atom stereocenters. The van der Waals surface area contributed by atoms with Crippen molar-refractivity contribution >= 4 is 23.5 Å². The smallest absolute Gasteiger partial charge is 0.326 e. The Kier molecular flexibility index (Phi) is 13.3. The zero-order valence-corrected chi connectivity index (χ0v) is 14.2. The zero-order valence-electron chi connectivity index (χ0n) is 13.4. The first-order valence-electron chi connectivity index (χ1n) is 8.05. The number of alkyl halides is 1. The van der Waals surface area contributed by atoms with Gasteiger partial charge in [-0.1, -0.05) is 12.8 Å². The third-order valence-electron chi connectivity index (χ3n) is 3.47. The summed E-state index contributed by atoms with van der Waals surface area (Å²) in [7, 11) is 0. The summed E-state index contributed by atoms with van der Waals surface area (Å²) in [6.45, 7) is 3.01. The van der Waals surface area contributed by atoms with Crippen LogP contribution in [0.25, 0.3) is 0 Å². The lowest BCUT2D eigenvalue weighted by Crippen LogP contribution is -2.49. The van der Waals surface area contributed by atoms with Gasteiger partial charge in [-0.05, 0) is 52.1 Å². The second-order valence-electron chi connectivity index (χ2n) is 5.46. The predicted molar refractivity (Wildman–Crippen MR) is 89.1 cm³/mol. The van der Waals surface area contributed by atoms with Crippen LogP contribution in [0.1, 0.15) is 51.9 Å². The molecule has 0 heterocycles. The monoisotopic (exact) mass is 335 g/mol. The van der Waals surface area contributed by atoms with E-state index in [0.29, 0.717) is 25.3 Å². The van der Waals surface area contributed by atoms with E-state index in [0.717, 1.165) is 38.6 Å². The zero-order chi connectivity index (χ0) is 16.8. The van der Waals surface area contributed by atoms with Gasteiger partial charge < -0.3 is 21.5 Å². The van der Waals surface area contributed by atoms with Crippen molar-refractivity contribution in [3.05, 3.63) is 0 Å². The fourth-order valence-corrected chi connectivity index (χ4v) is 2.22. The number of unbranched alkanes of at least 4 members (excludes halogenated alkanes) is 4. The van der Waals surface area contributed by atoms with Crippen molar-refractivity contribution in [1.29, 1.82) is 0 Å². The van der Waals surface area contributed by atoms with E-state index in [2.05, 4.69) is 10.6 Å². The molecule has 0 fully saturated rings. The first kappa shape index (κ1) is 21.1. The highest BCUT2D eigenvalue weighted by Gasteiger charge is 2.22. The number of amides is 1. The van der Waals surface area contributed by atoms with Crippen LogP contribution >= 0.6 is 11.6 Å². The third-order valence-corrected chi connectivity index (χ3v) is 3.73. The number of rotatable bonds is 14. The molecule has 0 aromatic heterocycles. The van der Waals surface area contributed by atoms with Gasteiger partial charge in [0.2, 0.25) is 5.91 Å². The summed E-state index contributed by atoms with van der Waals surface area (Å²) in [5, 5.41) is 14.8. The Balaban J connectivity index is 3.96. The number of hydrogen-bond donors (Lipinski definition) is 4. The lowest BCUT2D eigenvalue weighted by Gasteiger charge is -2.18. The first-order chi connectivity index (χ1) is 10.5. The van der Waals surface area contributed by atoms with Crippen LogP contribution in [-0.2, 0) is 9.59 Å². The SMILES string of the molecule is C[C@H](NCCCCCCCl)C(=O)N[C@@H](CCCCN)C(=O)O. The van der Waals surface area contributed by atoms with Crippen LogP contribution in [0.15, 0.2) is 0 Å². The van der Waals surface area contributed by atoms with Crippen LogP contribution < -0.4 is 16.4 Å². The first-order valence-corrected chi connectivity index (χ1v) is 8.59. The number of carboxylic acid groups (broad SMARTS) is 1. The Morgan fingerprint density at radius 1 is 1.14 bits per heavy atom. The van der Waals surface area contributed by atoms with Crippen LogP contribution in [0.4, 0.5) is 0 Å². The fraction of sp³-hybridized carbons (Fsp3) is 0.867. The van der Waals surface area contributed by atoms with Crippen LogP contribution in [0.5, 0.6) is 0 Å². The topological polar surface area (TPSA) is 104 Å². The number of hydrogen-bond acceptors (Lipinski definition) is 4. The van der Waals surface area contributed by atoms with Gasteiger partial charge in [0.1, 0.15) is 6.04 Å². The summed E-state index contributed by atoms with van der Waals surface area (Å²) in [6, 6.07) is -1.24. The number of nitrogens with one attached hydrogen (secondary N) is 2. The highest BCUT2D eigenvalue weighted by Crippen LogP contribution is 2.02. The molecule has 130 valence electrons. The van der Waals surface area contributed by atoms with Gasteiger partial charge in [0, 0.05) is 5.88 Å². The summed E-state index contributed by atoms with van der Waals surface area (Å²) in [5.41, 5.74) is 5.39. The van der Waals surface area contributed by atoms with E-state index in [1.165, 1.54) is 0 Å². The van der Waals surface area contributed by atoms with E-state index in [9.17, 15) is 9.59 Å². The van der Waals surface area contributed by atoms with Gasteiger partial charge in [0.25, 0.3) is 0 Å². The van der Waals surface area contributed by atoms with Gasteiger partial charge in [0.05, 0.1) is 6.04 Å². The summed E-state index contributed by atoms with van der Waals surface area (Å²) >= 11 is 5.60. The molecule has 0 aliphatic rings. The molecular formula is C15H30ClN3O3. The largest absolute Gasteiger partial charge is 0.480 e. The summed E-state index contributed by atoms with van der Waals surface area (Å²) in [4.78, 5) is 23.1. The van der Waals surface area contributed by atoms with Gasteiger partial charge in [-0.3, -0.25) is 4.79 Å². The standard InChI is InChI=1S/C15H30ClN3O3/c1-12(18-11-7-3-2-5-9-16)14(20)19-13(15(21)22)8-4-6-10-17/h12-13,18H,2-11,17H2,1H3,(H,19,20)(H,21,22)/t12-,13-/m0/s1. The second kappa shape index (κ2) is 13.8. The lowest BCUT2D eigenvalue weighted by atomic mass is 10.1. The molecule has 0 saturated carbocycles. The number of carbonyl (C=O) groups is 2. The van der Waals surface area contributed by atoms with Gasteiger partial charge >= 0.3 is 5.97 Å². The number of nitrogens with two attached hydrogens (primary N) is 1. The maximum Gasteiger partial charge on any atom is 0.326 e. The van der Waals surface area contributed by atoms with Gasteiger partial charge in [-0.15, -0.1) is 11.6 Å². The van der Waals surface area contributed by atoms with E-state index in [4.69, 9.17) is 22.4 Å². The molecule has 0 rings (SSSR count). The molecule has 6 nitrogen and oxygen atoms in total. The Bertz CT molecular complexity index is 316. The summed E-state index contributed by atoms with van der Waals surface area (Å²) in [5.74, 6) is -0.591. The van der Waals surface area contributed by atoms with Crippen LogP contribution in [0.3, 0.4) is 0 Å². The van der Waals surface area contributed by atoms with E-state index >= 15 is 0 Å². The van der Waals surface area contributed by atoms with E-state index in [1.807, 2.05) is 0 Å². The van der Waals surface area contributed by atoms with Crippen LogP contribution in [-0.4, -0.2) is 48.0 Å². The number of halogens is 1. The molecule has 5 N–H and O–H groups in total. The molecule has 0 radical (unpaired) electrons. The number of aliphatic carboxylic acids is 1. The van der Waals surface area contributed by atoms with Crippen LogP contribution in [0.2, 0.25) is 0 Å². The molecule has 0 aromatic carbocycles. The van der Waals surface area contributed by atoms with Crippen molar-refractivity contribution in [1.82, 2.24) is 10.6 Å². The molecule has 22 heavy (non-hydrogen) atoms. The Morgan fingerprint density at radius 2 is 1.82 bits per heavy atom. The minimum atomic E-state index is -1.00. The van der Waals surface area contributed by atoms with Crippen molar-refractivity contribution in [3.8, 4) is 0 Å². The van der Waals surface area contributed by atoms with Gasteiger partial charge in [0.15, 0.2) is 0 Å². The van der Waals surface area contributed by atoms with Crippen molar-refractivity contribution < 1.29 is 14.7 Å². The third kappa shape index (κ3) is 10.8. The quantitative estimate of drug-likeness (QED) is 0.284. The normalized spacial score (nSPS) is 13.6. The van der Waals surface area contributed by atoms with Crippen molar-refractivity contribution in [2.45, 2.75) is 64.0 Å². The maximum atomic E-state index is 12.0. The molecule has 0 aromatic rings. The van der Waals surface area contributed by atoms with Crippen molar-refractivity contribution in [2.24, 2.45) is 5.73 Å². The van der Waals surface area contributed by atoms with E-state index < -0.39 is 18.1 Å². The molecule has 0 unspecified atom stereocenters. The molecule has 0 aliphatic carbocycles. The Labute approximate surface area is 138 Å². The molecule has 7 heteroatoms. The van der Waals surface area contributed by atoms with E-state index in [1.54, 1.807) is 6.92 Å². The van der Waals surface area contributed by atoms with Crippen molar-refractivity contribution in [3.63, 3.8) is 0 Å². The molecule has 0 saturated heterocycles. The Hall–Kier alpha value is -0.850. The molecule has 1 amide bonds. The van der Waals surface area contributed by atoms with Crippen molar-refractivity contribution in [2.75, 3.05) is 19.0 Å². The minimum Gasteiger partial charge on any atom is -0.480 e. The van der Waals surface area contributed by atoms with E-state index in [-0.39, 0.29) is 5.91 Å². The second-order valence-corrected chi connectivity index (χ2v) is 5.84. The predicted octanol–water partition coefficient (Wildman–Crippen LogP) is 1.46. The van der Waals surface area contributed by atoms with Gasteiger partial charge in [-0.2, -0.15) is 0 Å². The fourth-order valence-electron chi connectivity index (χ4n) is 2.03. The van der Waals surface area contributed by atoms with Gasteiger partial charge in [-0.25, -0.2) is 4.79 Å². The number of carboxylic acids is 1. The minimum absolute atomic E-state index is 0.277.